The first-order chi connectivity index (χ1) is 8.13. The van der Waals surface area contributed by atoms with Crippen molar-refractivity contribution in [2.45, 2.75) is 0 Å². The van der Waals surface area contributed by atoms with Gasteiger partial charge in [0.25, 0.3) is 0 Å². The van der Waals surface area contributed by atoms with Crippen LogP contribution in [0.1, 0.15) is 0 Å². The van der Waals surface area contributed by atoms with E-state index in [9.17, 15) is 9.90 Å². The Morgan fingerprint density at radius 3 is 2.59 bits per heavy atom. The van der Waals surface area contributed by atoms with Crippen molar-refractivity contribution in [2.24, 2.45) is 0 Å². The molecule has 0 atom stereocenters. The second-order valence-corrected chi connectivity index (χ2v) is 3.71. The second-order valence-electron chi connectivity index (χ2n) is 3.31. The minimum atomic E-state index is -0.836. The van der Waals surface area contributed by atoms with Crippen molar-refractivity contribution in [3.05, 3.63) is 35.4 Å². The van der Waals surface area contributed by atoms with E-state index in [1.165, 1.54) is 13.2 Å². The van der Waals surface area contributed by atoms with Crippen molar-refractivity contribution in [3.8, 4) is 11.5 Å². The lowest BCUT2D eigenvalue weighted by molar-refractivity contribution is 0.122. The summed E-state index contributed by atoms with van der Waals surface area (Å²) >= 11 is 5.84. The molecule has 0 saturated heterocycles. The van der Waals surface area contributed by atoms with Crippen LogP contribution < -0.4 is 4.74 Å². The zero-order valence-electron chi connectivity index (χ0n) is 8.94. The Labute approximate surface area is 102 Å². The highest BCUT2D eigenvalue weighted by molar-refractivity contribution is 6.33. The molecule has 0 radical (unpaired) electrons. The zero-order valence-corrected chi connectivity index (χ0v) is 9.69. The summed E-state index contributed by atoms with van der Waals surface area (Å²) in [6.07, 6.45) is -0.836. The average Bonchev–Trinajstić information content (AvgIpc) is 2.35. The van der Waals surface area contributed by atoms with Gasteiger partial charge in [0.05, 0.1) is 12.1 Å². The number of phenols is 1. The molecular formula is C12H9ClO4. The molecule has 0 saturated carbocycles. The Balaban J connectivity index is 2.63. The third-order valence-corrected chi connectivity index (χ3v) is 2.58. The molecule has 4 nitrogen and oxygen atoms in total. The minimum Gasteiger partial charge on any atom is -0.506 e. The fourth-order valence-corrected chi connectivity index (χ4v) is 1.71. The van der Waals surface area contributed by atoms with Gasteiger partial charge in [-0.3, -0.25) is 0 Å². The standard InChI is InChI=1S/C12H9ClO4/c1-16-12(15)17-10-6-9(13)11(14)8-5-3-2-4-7(8)10/h2-6,14H,1H3. The van der Waals surface area contributed by atoms with Gasteiger partial charge in [-0.05, 0) is 0 Å². The van der Waals surface area contributed by atoms with E-state index in [1.807, 2.05) is 0 Å². The Hall–Kier alpha value is -1.94. The number of halogens is 1. The maximum Gasteiger partial charge on any atom is 0.513 e. The fraction of sp³-hybridized carbons (Fsp3) is 0.0833. The van der Waals surface area contributed by atoms with Crippen molar-refractivity contribution in [1.82, 2.24) is 0 Å². The van der Waals surface area contributed by atoms with Gasteiger partial charge in [-0.15, -0.1) is 0 Å². The number of fused-ring (bicyclic) bond motifs is 1. The predicted octanol–water partition coefficient (Wildman–Crippen LogP) is 3.34. The van der Waals surface area contributed by atoms with Gasteiger partial charge in [-0.2, -0.15) is 0 Å². The maximum atomic E-state index is 11.1. The monoisotopic (exact) mass is 252 g/mol. The number of aromatic hydroxyl groups is 1. The number of rotatable bonds is 1. The highest BCUT2D eigenvalue weighted by atomic mass is 35.5. The molecule has 0 aliphatic heterocycles. The number of benzene rings is 2. The van der Waals surface area contributed by atoms with Gasteiger partial charge in [0.15, 0.2) is 0 Å². The van der Waals surface area contributed by atoms with Crippen LogP contribution in [-0.4, -0.2) is 18.4 Å². The first kappa shape index (κ1) is 11.5. The lowest BCUT2D eigenvalue weighted by Crippen LogP contribution is -2.07. The third-order valence-electron chi connectivity index (χ3n) is 2.29. The lowest BCUT2D eigenvalue weighted by atomic mass is 10.1. The van der Waals surface area contributed by atoms with Crippen molar-refractivity contribution in [3.63, 3.8) is 0 Å². The molecule has 0 fully saturated rings. The number of carbonyl (C=O) groups excluding carboxylic acids is 1. The predicted molar refractivity (Wildman–Crippen MR) is 63.7 cm³/mol. The first-order valence-electron chi connectivity index (χ1n) is 4.79. The summed E-state index contributed by atoms with van der Waals surface area (Å²) in [5.41, 5.74) is 0. The van der Waals surface area contributed by atoms with E-state index in [0.29, 0.717) is 10.8 Å². The number of carbonyl (C=O) groups is 1. The SMILES string of the molecule is COC(=O)Oc1cc(Cl)c(O)c2ccccc12. The van der Waals surface area contributed by atoms with Crippen LogP contribution in [0.15, 0.2) is 30.3 Å². The van der Waals surface area contributed by atoms with Gasteiger partial charge in [-0.25, -0.2) is 4.79 Å². The van der Waals surface area contributed by atoms with Crippen LogP contribution in [0, 0.1) is 0 Å². The Morgan fingerprint density at radius 2 is 1.94 bits per heavy atom. The highest BCUT2D eigenvalue weighted by Gasteiger charge is 2.13. The highest BCUT2D eigenvalue weighted by Crippen LogP contribution is 2.38. The smallest absolute Gasteiger partial charge is 0.506 e. The van der Waals surface area contributed by atoms with Gasteiger partial charge in [0, 0.05) is 16.8 Å². The van der Waals surface area contributed by atoms with Crippen LogP contribution >= 0.6 is 11.6 Å². The van der Waals surface area contributed by atoms with E-state index in [2.05, 4.69) is 4.74 Å². The topological polar surface area (TPSA) is 55.8 Å². The molecule has 0 spiro atoms. The summed E-state index contributed by atoms with van der Waals surface area (Å²) in [6.45, 7) is 0. The van der Waals surface area contributed by atoms with Gasteiger partial charge in [-0.1, -0.05) is 35.9 Å². The Morgan fingerprint density at radius 1 is 1.29 bits per heavy atom. The summed E-state index contributed by atoms with van der Waals surface area (Å²) in [4.78, 5) is 11.1. The third kappa shape index (κ3) is 2.12. The van der Waals surface area contributed by atoms with Gasteiger partial charge in [0.1, 0.15) is 11.5 Å². The van der Waals surface area contributed by atoms with Crippen molar-refractivity contribution >= 4 is 28.5 Å². The second kappa shape index (κ2) is 4.51. The van der Waals surface area contributed by atoms with E-state index in [1.54, 1.807) is 24.3 Å². The number of hydrogen-bond acceptors (Lipinski definition) is 4. The summed E-state index contributed by atoms with van der Waals surface area (Å²) in [5, 5.41) is 11.0. The molecule has 88 valence electrons. The van der Waals surface area contributed by atoms with Crippen LogP contribution in [-0.2, 0) is 4.74 Å². The zero-order chi connectivity index (χ0) is 12.4. The quantitative estimate of drug-likeness (QED) is 0.625. The largest absolute Gasteiger partial charge is 0.513 e. The van der Waals surface area contributed by atoms with Crippen LogP contribution in [0.5, 0.6) is 11.5 Å². The van der Waals surface area contributed by atoms with Gasteiger partial charge >= 0.3 is 6.16 Å². The molecule has 0 amide bonds. The molecule has 1 N–H and O–H groups in total. The van der Waals surface area contributed by atoms with E-state index < -0.39 is 6.16 Å². The summed E-state index contributed by atoms with van der Waals surface area (Å²) in [5.74, 6) is 0.203. The lowest BCUT2D eigenvalue weighted by Gasteiger charge is -2.09. The van der Waals surface area contributed by atoms with Crippen molar-refractivity contribution < 1.29 is 19.4 Å². The van der Waals surface area contributed by atoms with Crippen LogP contribution in [0.3, 0.4) is 0 Å². The number of ether oxygens (including phenoxy) is 2. The average molecular weight is 253 g/mol. The molecule has 5 heteroatoms. The molecule has 0 bridgehead atoms. The van der Waals surface area contributed by atoms with Crippen LogP contribution in [0.25, 0.3) is 10.8 Å². The molecule has 0 heterocycles. The van der Waals surface area contributed by atoms with E-state index in [4.69, 9.17) is 16.3 Å². The Kier molecular flexibility index (Phi) is 3.06. The molecular weight excluding hydrogens is 244 g/mol. The number of phenolic OH excluding ortho intramolecular Hbond substituents is 1. The molecule has 2 aromatic rings. The van der Waals surface area contributed by atoms with Crippen LogP contribution in [0.4, 0.5) is 4.79 Å². The molecule has 0 unspecified atom stereocenters. The minimum absolute atomic E-state index is 0.0421. The maximum absolute atomic E-state index is 11.1. The summed E-state index contributed by atoms with van der Waals surface area (Å²) in [7, 11) is 1.21. The summed E-state index contributed by atoms with van der Waals surface area (Å²) in [6, 6.07) is 8.28. The Bertz CT molecular complexity index is 580. The number of methoxy groups -OCH3 is 1. The molecule has 0 aliphatic rings. The van der Waals surface area contributed by atoms with Gasteiger partial charge in [0.2, 0.25) is 0 Å². The molecule has 17 heavy (non-hydrogen) atoms. The van der Waals surface area contributed by atoms with Crippen molar-refractivity contribution in [2.75, 3.05) is 7.11 Å². The fourth-order valence-electron chi connectivity index (χ4n) is 1.51. The molecule has 2 rings (SSSR count). The van der Waals surface area contributed by atoms with Crippen LogP contribution in [0.2, 0.25) is 5.02 Å². The molecule has 0 aromatic heterocycles. The van der Waals surface area contributed by atoms with E-state index in [-0.39, 0.29) is 16.5 Å². The van der Waals surface area contributed by atoms with Gasteiger partial charge < -0.3 is 14.6 Å². The first-order valence-corrected chi connectivity index (χ1v) is 5.17. The van der Waals surface area contributed by atoms with E-state index >= 15 is 0 Å². The molecule has 2 aromatic carbocycles. The molecule has 0 aliphatic carbocycles. The number of hydrogen-bond donors (Lipinski definition) is 1. The van der Waals surface area contributed by atoms with E-state index in [0.717, 1.165) is 0 Å². The normalized spacial score (nSPS) is 10.2. The summed E-state index contributed by atoms with van der Waals surface area (Å²) < 4.78 is 9.36. The van der Waals surface area contributed by atoms with Crippen molar-refractivity contribution in [1.29, 1.82) is 0 Å².